The van der Waals surface area contributed by atoms with Gasteiger partial charge in [-0.15, -0.1) is 10.2 Å². The van der Waals surface area contributed by atoms with Gasteiger partial charge in [-0.25, -0.2) is 0 Å². The second-order valence-electron chi connectivity index (χ2n) is 5.75. The predicted molar refractivity (Wildman–Crippen MR) is 86.7 cm³/mol. The molecule has 1 amide bonds. The lowest BCUT2D eigenvalue weighted by atomic mass is 10.0. The number of hydrogen-bond donors (Lipinski definition) is 1. The summed E-state index contributed by atoms with van der Waals surface area (Å²) in [6, 6.07) is 5.95. The number of methoxy groups -OCH3 is 1. The van der Waals surface area contributed by atoms with Gasteiger partial charge in [0, 0.05) is 5.92 Å². The van der Waals surface area contributed by atoms with Crippen molar-refractivity contribution in [2.45, 2.75) is 38.5 Å². The van der Waals surface area contributed by atoms with Crippen molar-refractivity contribution in [1.82, 2.24) is 10.2 Å². The van der Waals surface area contributed by atoms with Crippen LogP contribution in [0.1, 0.15) is 48.2 Å². The van der Waals surface area contributed by atoms with Crippen molar-refractivity contribution >= 4 is 22.4 Å². The van der Waals surface area contributed by atoms with Crippen LogP contribution in [0.4, 0.5) is 5.13 Å². The third kappa shape index (κ3) is 2.83. The molecule has 1 aliphatic rings. The third-order valence-electron chi connectivity index (χ3n) is 3.91. The smallest absolute Gasteiger partial charge is 0.233 e. The highest BCUT2D eigenvalue weighted by molar-refractivity contribution is 7.15. The third-order valence-corrected chi connectivity index (χ3v) is 5.05. The fraction of sp³-hybridized carbons (Fsp3) is 0.438. The highest BCUT2D eigenvalue weighted by Gasteiger charge is 2.29. The number of carbonyl (C=O) groups excluding carboxylic acids is 1. The van der Waals surface area contributed by atoms with Crippen molar-refractivity contribution in [3.8, 4) is 5.75 Å². The van der Waals surface area contributed by atoms with E-state index in [2.05, 4.69) is 29.4 Å². The van der Waals surface area contributed by atoms with E-state index < -0.39 is 0 Å². The monoisotopic (exact) mass is 317 g/mol. The average Bonchev–Trinajstić information content (AvgIpc) is 3.12. The zero-order valence-corrected chi connectivity index (χ0v) is 13.7. The molecule has 1 atom stereocenters. The summed E-state index contributed by atoms with van der Waals surface area (Å²) in [5, 5.41) is 12.6. The summed E-state index contributed by atoms with van der Waals surface area (Å²) in [6.45, 7) is 4.12. The Morgan fingerprint density at radius 1 is 1.41 bits per heavy atom. The van der Waals surface area contributed by atoms with Crippen LogP contribution in [0.3, 0.4) is 0 Å². The SMILES string of the molecule is COc1ccc2c(c1)C(C(=O)Nc1nnc(C(C)C)s1)CC2. The van der Waals surface area contributed by atoms with Crippen molar-refractivity contribution in [2.75, 3.05) is 12.4 Å². The van der Waals surface area contributed by atoms with Gasteiger partial charge in [0.25, 0.3) is 0 Å². The van der Waals surface area contributed by atoms with Crippen molar-refractivity contribution in [2.24, 2.45) is 0 Å². The second kappa shape index (κ2) is 6.04. The topological polar surface area (TPSA) is 64.1 Å². The molecule has 1 N–H and O–H groups in total. The first-order valence-corrected chi connectivity index (χ1v) is 8.21. The Morgan fingerprint density at radius 3 is 2.91 bits per heavy atom. The van der Waals surface area contributed by atoms with Crippen molar-refractivity contribution in [3.63, 3.8) is 0 Å². The van der Waals surface area contributed by atoms with Crippen LogP contribution in [0.15, 0.2) is 18.2 Å². The molecule has 3 rings (SSSR count). The predicted octanol–water partition coefficient (Wildman–Crippen LogP) is 3.34. The molecule has 0 saturated heterocycles. The summed E-state index contributed by atoms with van der Waals surface area (Å²) < 4.78 is 5.26. The molecule has 116 valence electrons. The standard InChI is InChI=1S/C16H19N3O2S/c1-9(2)15-18-19-16(22-15)17-14(20)12-7-5-10-4-6-11(21-3)8-13(10)12/h4,6,8-9,12H,5,7H2,1-3H3,(H,17,19,20). The van der Waals surface area contributed by atoms with E-state index in [9.17, 15) is 4.79 Å². The zero-order chi connectivity index (χ0) is 15.7. The molecule has 1 aliphatic carbocycles. The molecule has 0 bridgehead atoms. The molecular formula is C16H19N3O2S. The van der Waals surface area contributed by atoms with Gasteiger partial charge < -0.3 is 4.74 Å². The van der Waals surface area contributed by atoms with Gasteiger partial charge in [0.1, 0.15) is 10.8 Å². The number of carbonyl (C=O) groups is 1. The minimum absolute atomic E-state index is 0.0153. The molecule has 1 heterocycles. The molecule has 1 unspecified atom stereocenters. The average molecular weight is 317 g/mol. The molecule has 0 saturated carbocycles. The largest absolute Gasteiger partial charge is 0.497 e. The van der Waals surface area contributed by atoms with E-state index >= 15 is 0 Å². The normalized spacial score (nSPS) is 16.6. The van der Waals surface area contributed by atoms with Crippen molar-refractivity contribution < 1.29 is 9.53 Å². The van der Waals surface area contributed by atoms with Crippen molar-refractivity contribution in [3.05, 3.63) is 34.3 Å². The van der Waals surface area contributed by atoms with Crippen LogP contribution in [0, 0.1) is 0 Å². The summed E-state index contributed by atoms with van der Waals surface area (Å²) in [6.07, 6.45) is 1.74. The molecule has 2 aromatic rings. The van der Waals surface area contributed by atoms with Crippen LogP contribution in [-0.2, 0) is 11.2 Å². The van der Waals surface area contributed by atoms with Crippen LogP contribution in [-0.4, -0.2) is 23.2 Å². The molecule has 1 aromatic heterocycles. The molecule has 22 heavy (non-hydrogen) atoms. The number of ether oxygens (including phenoxy) is 1. The molecule has 0 aliphatic heterocycles. The minimum atomic E-state index is -0.142. The van der Waals surface area contributed by atoms with E-state index in [0.29, 0.717) is 11.0 Å². The van der Waals surface area contributed by atoms with Gasteiger partial charge in [0.2, 0.25) is 11.0 Å². The van der Waals surface area contributed by atoms with Crippen LogP contribution < -0.4 is 10.1 Å². The summed E-state index contributed by atoms with van der Waals surface area (Å²) in [7, 11) is 1.64. The van der Waals surface area contributed by atoms with E-state index in [4.69, 9.17) is 4.74 Å². The Hall–Kier alpha value is -1.95. The Kier molecular flexibility index (Phi) is 4.11. The number of nitrogens with one attached hydrogen (secondary N) is 1. The van der Waals surface area contributed by atoms with Gasteiger partial charge in [-0.3, -0.25) is 10.1 Å². The molecule has 0 spiro atoms. The number of fused-ring (bicyclic) bond motifs is 1. The molecule has 5 nitrogen and oxygen atoms in total. The maximum Gasteiger partial charge on any atom is 0.233 e. The van der Waals surface area contributed by atoms with E-state index in [1.807, 2.05) is 18.2 Å². The number of nitrogens with zero attached hydrogens (tertiary/aromatic N) is 2. The van der Waals surface area contributed by atoms with Crippen LogP contribution in [0.25, 0.3) is 0 Å². The number of aromatic nitrogens is 2. The lowest BCUT2D eigenvalue weighted by Crippen LogP contribution is -2.19. The zero-order valence-electron chi connectivity index (χ0n) is 12.9. The molecular weight excluding hydrogens is 298 g/mol. The molecule has 0 fully saturated rings. The Balaban J connectivity index is 1.77. The van der Waals surface area contributed by atoms with Crippen LogP contribution >= 0.6 is 11.3 Å². The first kappa shape index (κ1) is 15.0. The highest BCUT2D eigenvalue weighted by Crippen LogP contribution is 2.36. The summed E-state index contributed by atoms with van der Waals surface area (Å²) in [5.74, 6) is 0.950. The number of amides is 1. The lowest BCUT2D eigenvalue weighted by Gasteiger charge is -2.11. The van der Waals surface area contributed by atoms with Crippen LogP contribution in [0.5, 0.6) is 5.75 Å². The van der Waals surface area contributed by atoms with Gasteiger partial charge in [0.15, 0.2) is 0 Å². The molecule has 1 aromatic carbocycles. The van der Waals surface area contributed by atoms with Gasteiger partial charge >= 0.3 is 0 Å². The van der Waals surface area contributed by atoms with Gasteiger partial charge in [-0.2, -0.15) is 0 Å². The Labute approximate surface area is 133 Å². The second-order valence-corrected chi connectivity index (χ2v) is 6.75. The maximum absolute atomic E-state index is 12.5. The first-order valence-electron chi connectivity index (χ1n) is 7.39. The molecule has 6 heteroatoms. The van der Waals surface area contributed by atoms with Gasteiger partial charge in [-0.1, -0.05) is 31.3 Å². The number of anilines is 1. The highest BCUT2D eigenvalue weighted by atomic mass is 32.1. The number of benzene rings is 1. The molecule has 0 radical (unpaired) electrons. The van der Waals surface area contributed by atoms with Gasteiger partial charge in [0.05, 0.1) is 13.0 Å². The summed E-state index contributed by atoms with van der Waals surface area (Å²) >= 11 is 1.44. The van der Waals surface area contributed by atoms with E-state index in [-0.39, 0.29) is 11.8 Å². The maximum atomic E-state index is 12.5. The summed E-state index contributed by atoms with van der Waals surface area (Å²) in [4.78, 5) is 12.5. The first-order chi connectivity index (χ1) is 10.6. The van der Waals surface area contributed by atoms with E-state index in [1.54, 1.807) is 7.11 Å². The number of hydrogen-bond acceptors (Lipinski definition) is 5. The van der Waals surface area contributed by atoms with Crippen molar-refractivity contribution in [1.29, 1.82) is 0 Å². The number of aryl methyl sites for hydroxylation is 1. The van der Waals surface area contributed by atoms with E-state index in [1.165, 1.54) is 16.9 Å². The van der Waals surface area contributed by atoms with E-state index in [0.717, 1.165) is 29.2 Å². The quantitative estimate of drug-likeness (QED) is 0.939. The number of rotatable bonds is 4. The Morgan fingerprint density at radius 2 is 2.23 bits per heavy atom. The van der Waals surface area contributed by atoms with Crippen LogP contribution in [0.2, 0.25) is 0 Å². The lowest BCUT2D eigenvalue weighted by molar-refractivity contribution is -0.117. The van der Waals surface area contributed by atoms with Gasteiger partial charge in [-0.05, 0) is 36.1 Å². The summed E-state index contributed by atoms with van der Waals surface area (Å²) in [5.41, 5.74) is 2.28. The fourth-order valence-corrected chi connectivity index (χ4v) is 3.44. The minimum Gasteiger partial charge on any atom is -0.497 e. The fourth-order valence-electron chi connectivity index (χ4n) is 2.69. The Bertz CT molecular complexity index is 696.